The van der Waals surface area contributed by atoms with Gasteiger partial charge in [-0.05, 0) is 44.7 Å². The van der Waals surface area contributed by atoms with Crippen LogP contribution in [-0.4, -0.2) is 52.8 Å². The first-order valence-corrected chi connectivity index (χ1v) is 14.3. The highest BCUT2D eigenvalue weighted by molar-refractivity contribution is 7.86. The zero-order chi connectivity index (χ0) is 30.5. The fraction of sp³-hybridized carbons (Fsp3) is 0.400. The third-order valence-corrected chi connectivity index (χ3v) is 6.70. The van der Waals surface area contributed by atoms with Crippen molar-refractivity contribution in [3.05, 3.63) is 40.6 Å². The number of hydrogen-bond donors (Lipinski definition) is 6. The van der Waals surface area contributed by atoms with Crippen LogP contribution in [0.5, 0.6) is 0 Å². The molecule has 0 radical (unpaired) electrons. The quantitative estimate of drug-likeness (QED) is 0.145. The number of carbonyl (C=O) groups is 4. The standard InChI is InChI=1S/C23H30N6O7S2.C2H6/c1-23(2,3)36-22(33)28-21(25)27-17(30)10-9-15(20(32)35-4)26-19(31)18-14(11-12-37-18)29-38(34)16-8-6-5-7-13(16)24;1-2/h5-8,11-12,15,29H,9-10,24H2,1-4H3,(H,26,31)(H3,25,27,28,30,33);1-2H3/p+1/t15-,38?;/m0./s1. The predicted octanol–water partition coefficient (Wildman–Crippen LogP) is 2.41. The SMILES string of the molecule is CC.COC(=O)[C@H](CCC(=O)NC(=N)NC(=O)OC(C)(C)C)NC(=O)c1sccc1NS(=O)c1ccccc1[NH3+]. The zero-order valence-corrected chi connectivity index (χ0v) is 25.0. The second kappa shape index (κ2) is 16.3. The number of carbonyl (C=O) groups excluding carboxylic acids is 4. The molecule has 2 aromatic rings. The molecule has 0 aliphatic heterocycles. The Labute approximate surface area is 239 Å². The normalized spacial score (nSPS) is 12.0. The fourth-order valence-corrected chi connectivity index (χ4v) is 4.74. The maximum absolute atomic E-state index is 12.9. The lowest BCUT2D eigenvalue weighted by molar-refractivity contribution is -0.258. The molecule has 1 aromatic heterocycles. The van der Waals surface area contributed by atoms with Gasteiger partial charge in [0.15, 0.2) is 11.0 Å². The van der Waals surface area contributed by atoms with Crippen LogP contribution in [-0.2, 0) is 30.0 Å². The van der Waals surface area contributed by atoms with E-state index < -0.39 is 52.5 Å². The van der Waals surface area contributed by atoms with Crippen molar-refractivity contribution < 1.29 is 38.6 Å². The minimum atomic E-state index is -1.69. The first kappa shape index (κ1) is 34.2. The van der Waals surface area contributed by atoms with Crippen molar-refractivity contribution in [3.8, 4) is 0 Å². The summed E-state index contributed by atoms with van der Waals surface area (Å²) >= 11 is 1.07. The topological polar surface area (TPSA) is 203 Å². The Morgan fingerprint density at radius 2 is 1.75 bits per heavy atom. The lowest BCUT2D eigenvalue weighted by atomic mass is 10.1. The molecular weight excluding hydrogens is 560 g/mol. The van der Waals surface area contributed by atoms with Gasteiger partial charge in [-0.2, -0.15) is 0 Å². The van der Waals surface area contributed by atoms with Gasteiger partial charge in [-0.3, -0.25) is 30.4 Å². The molecular formula is C25H37N6O7S2+. The van der Waals surface area contributed by atoms with Gasteiger partial charge >= 0.3 is 12.1 Å². The smallest absolute Gasteiger partial charge is 0.414 e. The third kappa shape index (κ3) is 11.5. The van der Waals surface area contributed by atoms with Crippen LogP contribution in [0.15, 0.2) is 40.6 Å². The average molecular weight is 598 g/mol. The minimum Gasteiger partial charge on any atom is -0.467 e. The van der Waals surface area contributed by atoms with E-state index in [0.717, 1.165) is 18.4 Å². The molecule has 8 N–H and O–H groups in total. The number of benzene rings is 1. The highest BCUT2D eigenvalue weighted by Gasteiger charge is 2.26. The molecule has 1 aromatic carbocycles. The van der Waals surface area contributed by atoms with Gasteiger partial charge in [-0.25, -0.2) is 13.8 Å². The van der Waals surface area contributed by atoms with Crippen molar-refractivity contribution in [2.45, 2.75) is 64.0 Å². The van der Waals surface area contributed by atoms with E-state index in [2.05, 4.69) is 26.4 Å². The minimum absolute atomic E-state index is 0.154. The van der Waals surface area contributed by atoms with E-state index in [1.807, 2.05) is 13.8 Å². The van der Waals surface area contributed by atoms with Crippen molar-refractivity contribution in [1.29, 1.82) is 5.41 Å². The number of esters is 1. The van der Waals surface area contributed by atoms with E-state index in [1.165, 1.54) is 0 Å². The maximum atomic E-state index is 12.9. The Bertz CT molecular complexity index is 1230. The number of hydrogen-bond acceptors (Lipinski definition) is 9. The van der Waals surface area contributed by atoms with E-state index in [9.17, 15) is 23.4 Å². The van der Waals surface area contributed by atoms with E-state index in [4.69, 9.17) is 14.9 Å². The van der Waals surface area contributed by atoms with Crippen LogP contribution in [0.1, 0.15) is 57.1 Å². The van der Waals surface area contributed by atoms with Crippen LogP contribution in [0.2, 0.25) is 0 Å². The van der Waals surface area contributed by atoms with Crippen molar-refractivity contribution >= 4 is 63.5 Å². The van der Waals surface area contributed by atoms with Crippen LogP contribution in [0.4, 0.5) is 16.2 Å². The Balaban J connectivity index is 0.00000391. The summed E-state index contributed by atoms with van der Waals surface area (Å²) in [4.78, 5) is 49.8. The molecule has 15 heteroatoms. The van der Waals surface area contributed by atoms with E-state index in [0.29, 0.717) is 10.6 Å². The monoisotopic (exact) mass is 597 g/mol. The largest absolute Gasteiger partial charge is 0.467 e. The van der Waals surface area contributed by atoms with Gasteiger partial charge in [0.1, 0.15) is 27.1 Å². The number of amides is 3. The van der Waals surface area contributed by atoms with Crippen molar-refractivity contribution in [1.82, 2.24) is 16.0 Å². The average Bonchev–Trinajstić information content (AvgIpc) is 3.34. The number of anilines is 1. The molecule has 1 unspecified atom stereocenters. The summed E-state index contributed by atoms with van der Waals surface area (Å²) in [7, 11) is -0.551. The number of alkyl carbamates (subject to hydrolysis) is 1. The molecule has 0 bridgehead atoms. The van der Waals surface area contributed by atoms with Crippen LogP contribution < -0.4 is 26.4 Å². The van der Waals surface area contributed by atoms with Gasteiger partial charge in [-0.15, -0.1) is 11.3 Å². The highest BCUT2D eigenvalue weighted by atomic mass is 32.2. The molecule has 2 atom stereocenters. The Morgan fingerprint density at radius 3 is 2.35 bits per heavy atom. The van der Waals surface area contributed by atoms with E-state index >= 15 is 0 Å². The molecule has 0 fully saturated rings. The number of rotatable bonds is 9. The van der Waals surface area contributed by atoms with Crippen molar-refractivity contribution in [2.24, 2.45) is 0 Å². The lowest BCUT2D eigenvalue weighted by Gasteiger charge is -2.20. The second-order valence-corrected chi connectivity index (χ2v) is 10.9. The van der Waals surface area contributed by atoms with E-state index in [1.54, 1.807) is 56.5 Å². The summed E-state index contributed by atoms with van der Waals surface area (Å²) in [5.41, 5.74) is 3.91. The van der Waals surface area contributed by atoms with Crippen LogP contribution in [0, 0.1) is 5.41 Å². The summed E-state index contributed by atoms with van der Waals surface area (Å²) < 4.78 is 25.3. The van der Waals surface area contributed by atoms with Crippen molar-refractivity contribution in [2.75, 3.05) is 11.8 Å². The van der Waals surface area contributed by atoms with E-state index in [-0.39, 0.29) is 23.4 Å². The van der Waals surface area contributed by atoms with Gasteiger partial charge in [0, 0.05) is 12.5 Å². The number of nitrogens with one attached hydrogen (secondary N) is 5. The number of quaternary nitrogens is 1. The second-order valence-electron chi connectivity index (χ2n) is 8.78. The molecule has 0 aliphatic rings. The molecule has 3 amide bonds. The van der Waals surface area contributed by atoms with Gasteiger partial charge in [0.2, 0.25) is 11.9 Å². The first-order valence-electron chi connectivity index (χ1n) is 12.2. The van der Waals surface area contributed by atoms with Gasteiger partial charge < -0.3 is 20.5 Å². The highest BCUT2D eigenvalue weighted by Crippen LogP contribution is 2.25. The van der Waals surface area contributed by atoms with Gasteiger partial charge in [-0.1, -0.05) is 26.0 Å². The first-order chi connectivity index (χ1) is 18.8. The summed E-state index contributed by atoms with van der Waals surface area (Å²) in [5, 5.41) is 16.1. The number of guanidine groups is 1. The number of methoxy groups -OCH3 is 1. The zero-order valence-electron chi connectivity index (χ0n) is 23.3. The number of ether oxygens (including phenoxy) is 2. The van der Waals surface area contributed by atoms with Gasteiger partial charge in [0.25, 0.3) is 5.91 Å². The van der Waals surface area contributed by atoms with Gasteiger partial charge in [0.05, 0.1) is 12.8 Å². The van der Waals surface area contributed by atoms with Crippen LogP contribution in [0.25, 0.3) is 0 Å². The van der Waals surface area contributed by atoms with Crippen molar-refractivity contribution in [3.63, 3.8) is 0 Å². The molecule has 0 saturated carbocycles. The molecule has 0 saturated heterocycles. The van der Waals surface area contributed by atoms with Crippen LogP contribution >= 0.6 is 11.3 Å². The summed E-state index contributed by atoms with van der Waals surface area (Å²) in [6.07, 6.45) is -1.35. The lowest BCUT2D eigenvalue weighted by Crippen LogP contribution is -2.46. The Kier molecular flexibility index (Phi) is 14.0. The molecule has 0 aliphatic carbocycles. The van der Waals surface area contributed by atoms with Crippen LogP contribution in [0.3, 0.4) is 0 Å². The summed E-state index contributed by atoms with van der Waals surface area (Å²) in [6.45, 7) is 8.94. The summed E-state index contributed by atoms with van der Waals surface area (Å²) in [5.74, 6) is -2.71. The maximum Gasteiger partial charge on any atom is 0.414 e. The third-order valence-electron chi connectivity index (χ3n) is 4.59. The fourth-order valence-electron chi connectivity index (χ4n) is 2.93. The molecule has 13 nitrogen and oxygen atoms in total. The molecule has 1 heterocycles. The Hall–Kier alpha value is -3.82. The predicted molar refractivity (Wildman–Crippen MR) is 152 cm³/mol. The molecule has 0 spiro atoms. The Morgan fingerprint density at radius 1 is 1.10 bits per heavy atom. The number of thiophene rings is 1. The molecule has 2 rings (SSSR count). The molecule has 220 valence electrons. The molecule has 40 heavy (non-hydrogen) atoms. The summed E-state index contributed by atoms with van der Waals surface area (Å²) in [6, 6.07) is 7.23.